The van der Waals surface area contributed by atoms with E-state index in [0.717, 1.165) is 0 Å². The van der Waals surface area contributed by atoms with Crippen LogP contribution in [0.4, 0.5) is 4.39 Å². The molecule has 0 radical (unpaired) electrons. The Morgan fingerprint density at radius 2 is 2.23 bits per heavy atom. The van der Waals surface area contributed by atoms with E-state index in [2.05, 4.69) is 11.9 Å². The van der Waals surface area contributed by atoms with Crippen LogP contribution in [0.2, 0.25) is 0 Å². The van der Waals surface area contributed by atoms with Crippen LogP contribution in [0.15, 0.2) is 36.9 Å². The van der Waals surface area contributed by atoms with Gasteiger partial charge in [-0.2, -0.15) is 0 Å². The van der Waals surface area contributed by atoms with E-state index in [1.54, 1.807) is 18.2 Å². The highest BCUT2D eigenvalue weighted by atomic mass is 19.1. The number of nitrogens with one attached hydrogen (secondary N) is 1. The zero-order chi connectivity index (χ0) is 9.68. The van der Waals surface area contributed by atoms with E-state index in [-0.39, 0.29) is 11.9 Å². The molecule has 1 atom stereocenters. The highest BCUT2D eigenvalue weighted by Gasteiger charge is 2.00. The van der Waals surface area contributed by atoms with Crippen LogP contribution in [0.25, 0.3) is 0 Å². The SMILES string of the molecule is C=CC(C)NCc1ccccc1F. The van der Waals surface area contributed by atoms with Gasteiger partial charge in [-0.3, -0.25) is 0 Å². The van der Waals surface area contributed by atoms with Gasteiger partial charge in [-0.15, -0.1) is 6.58 Å². The Morgan fingerprint density at radius 3 is 2.85 bits per heavy atom. The Morgan fingerprint density at radius 1 is 1.54 bits per heavy atom. The topological polar surface area (TPSA) is 12.0 Å². The average Bonchev–Trinajstić information content (AvgIpc) is 2.16. The summed E-state index contributed by atoms with van der Waals surface area (Å²) < 4.78 is 13.1. The van der Waals surface area contributed by atoms with Crippen LogP contribution in [0, 0.1) is 5.82 Å². The minimum absolute atomic E-state index is 0.161. The molecule has 0 saturated heterocycles. The van der Waals surface area contributed by atoms with E-state index in [4.69, 9.17) is 0 Å². The molecule has 0 aliphatic heterocycles. The van der Waals surface area contributed by atoms with Crippen molar-refractivity contribution in [1.82, 2.24) is 5.32 Å². The summed E-state index contributed by atoms with van der Waals surface area (Å²) in [7, 11) is 0. The van der Waals surface area contributed by atoms with Crippen molar-refractivity contribution in [2.45, 2.75) is 19.5 Å². The fraction of sp³-hybridized carbons (Fsp3) is 0.273. The second kappa shape index (κ2) is 4.77. The lowest BCUT2D eigenvalue weighted by molar-refractivity contribution is 0.573. The van der Waals surface area contributed by atoms with Gasteiger partial charge >= 0.3 is 0 Å². The first kappa shape index (κ1) is 9.93. The summed E-state index contributed by atoms with van der Waals surface area (Å²) >= 11 is 0. The van der Waals surface area contributed by atoms with Gasteiger partial charge in [0.1, 0.15) is 5.82 Å². The average molecular weight is 179 g/mol. The third-order valence-electron chi connectivity index (χ3n) is 1.93. The third kappa shape index (κ3) is 2.99. The number of rotatable bonds is 4. The van der Waals surface area contributed by atoms with Gasteiger partial charge < -0.3 is 5.32 Å². The molecule has 1 unspecified atom stereocenters. The number of halogens is 1. The van der Waals surface area contributed by atoms with Crippen molar-refractivity contribution in [1.29, 1.82) is 0 Å². The Balaban J connectivity index is 2.54. The fourth-order valence-corrected chi connectivity index (χ4v) is 0.996. The zero-order valence-electron chi connectivity index (χ0n) is 7.76. The summed E-state index contributed by atoms with van der Waals surface area (Å²) in [5.74, 6) is -0.161. The minimum Gasteiger partial charge on any atom is -0.307 e. The molecular weight excluding hydrogens is 165 g/mol. The lowest BCUT2D eigenvalue weighted by Gasteiger charge is -2.09. The smallest absolute Gasteiger partial charge is 0.127 e. The van der Waals surface area contributed by atoms with Crippen molar-refractivity contribution >= 4 is 0 Å². The highest BCUT2D eigenvalue weighted by Crippen LogP contribution is 2.05. The van der Waals surface area contributed by atoms with Gasteiger partial charge in [0.2, 0.25) is 0 Å². The van der Waals surface area contributed by atoms with Crippen LogP contribution in [-0.2, 0) is 6.54 Å². The number of hydrogen-bond acceptors (Lipinski definition) is 1. The lowest BCUT2D eigenvalue weighted by Crippen LogP contribution is -2.23. The maximum Gasteiger partial charge on any atom is 0.127 e. The second-order valence-corrected chi connectivity index (χ2v) is 3.00. The van der Waals surface area contributed by atoms with Gasteiger partial charge in [-0.1, -0.05) is 24.3 Å². The maximum atomic E-state index is 13.1. The first-order chi connectivity index (χ1) is 6.24. The Hall–Kier alpha value is -1.15. The normalized spacial score (nSPS) is 12.5. The summed E-state index contributed by atoms with van der Waals surface area (Å²) in [6.45, 7) is 6.16. The van der Waals surface area contributed by atoms with Gasteiger partial charge in [-0.25, -0.2) is 4.39 Å². The molecule has 0 bridgehead atoms. The Bertz CT molecular complexity index is 283. The first-order valence-corrected chi connectivity index (χ1v) is 4.33. The van der Waals surface area contributed by atoms with Crippen molar-refractivity contribution in [2.24, 2.45) is 0 Å². The molecule has 1 N–H and O–H groups in total. The Labute approximate surface area is 78.3 Å². The number of hydrogen-bond donors (Lipinski definition) is 1. The van der Waals surface area contributed by atoms with Gasteiger partial charge in [0.15, 0.2) is 0 Å². The molecule has 0 aliphatic rings. The Kier molecular flexibility index (Phi) is 3.65. The van der Waals surface area contributed by atoms with Crippen LogP contribution >= 0.6 is 0 Å². The molecule has 0 saturated carbocycles. The molecule has 1 rings (SSSR count). The predicted molar refractivity (Wildman–Crippen MR) is 52.9 cm³/mol. The first-order valence-electron chi connectivity index (χ1n) is 4.33. The van der Waals surface area contributed by atoms with Gasteiger partial charge in [0, 0.05) is 18.2 Å². The second-order valence-electron chi connectivity index (χ2n) is 3.00. The molecular formula is C11H14FN. The van der Waals surface area contributed by atoms with E-state index < -0.39 is 0 Å². The molecule has 2 heteroatoms. The molecule has 0 heterocycles. The van der Waals surface area contributed by atoms with E-state index in [9.17, 15) is 4.39 Å². The van der Waals surface area contributed by atoms with Gasteiger partial charge in [-0.05, 0) is 13.0 Å². The van der Waals surface area contributed by atoms with E-state index >= 15 is 0 Å². The molecule has 0 aliphatic carbocycles. The molecule has 13 heavy (non-hydrogen) atoms. The maximum absolute atomic E-state index is 13.1. The molecule has 0 amide bonds. The quantitative estimate of drug-likeness (QED) is 0.700. The van der Waals surface area contributed by atoms with Gasteiger partial charge in [0.05, 0.1) is 0 Å². The van der Waals surface area contributed by atoms with Crippen LogP contribution in [0.3, 0.4) is 0 Å². The summed E-state index contributed by atoms with van der Waals surface area (Å²) in [4.78, 5) is 0. The third-order valence-corrected chi connectivity index (χ3v) is 1.93. The van der Waals surface area contributed by atoms with E-state index in [1.165, 1.54) is 6.07 Å². The molecule has 1 aromatic carbocycles. The molecule has 1 aromatic rings. The van der Waals surface area contributed by atoms with Crippen molar-refractivity contribution in [2.75, 3.05) is 0 Å². The van der Waals surface area contributed by atoms with Crippen LogP contribution in [0.5, 0.6) is 0 Å². The minimum atomic E-state index is -0.161. The molecule has 0 aromatic heterocycles. The lowest BCUT2D eigenvalue weighted by atomic mass is 10.2. The van der Waals surface area contributed by atoms with Crippen molar-refractivity contribution in [3.05, 3.63) is 48.3 Å². The highest BCUT2D eigenvalue weighted by molar-refractivity contribution is 5.17. The van der Waals surface area contributed by atoms with Gasteiger partial charge in [0.25, 0.3) is 0 Å². The summed E-state index contributed by atoms with van der Waals surface area (Å²) in [6, 6.07) is 6.97. The van der Waals surface area contributed by atoms with E-state index in [0.29, 0.717) is 12.1 Å². The monoisotopic (exact) mass is 179 g/mol. The van der Waals surface area contributed by atoms with Crippen molar-refractivity contribution in [3.8, 4) is 0 Å². The standard InChI is InChI=1S/C11H14FN/c1-3-9(2)13-8-10-6-4-5-7-11(10)12/h3-7,9,13H,1,8H2,2H3. The summed E-state index contributed by atoms with van der Waals surface area (Å²) in [6.07, 6.45) is 1.79. The summed E-state index contributed by atoms with van der Waals surface area (Å²) in [5.41, 5.74) is 0.691. The predicted octanol–water partition coefficient (Wildman–Crippen LogP) is 2.49. The van der Waals surface area contributed by atoms with E-state index in [1.807, 2.05) is 13.0 Å². The summed E-state index contributed by atoms with van der Waals surface area (Å²) in [5, 5.41) is 3.13. The zero-order valence-corrected chi connectivity index (χ0v) is 7.76. The molecule has 0 fully saturated rings. The van der Waals surface area contributed by atoms with Crippen LogP contribution in [-0.4, -0.2) is 6.04 Å². The number of benzene rings is 1. The largest absolute Gasteiger partial charge is 0.307 e. The molecule has 70 valence electrons. The van der Waals surface area contributed by atoms with Crippen LogP contribution < -0.4 is 5.32 Å². The fourth-order valence-electron chi connectivity index (χ4n) is 0.996. The molecule has 1 nitrogen and oxygen atoms in total. The van der Waals surface area contributed by atoms with Crippen molar-refractivity contribution in [3.63, 3.8) is 0 Å². The van der Waals surface area contributed by atoms with Crippen LogP contribution in [0.1, 0.15) is 12.5 Å². The van der Waals surface area contributed by atoms with Crippen molar-refractivity contribution < 1.29 is 4.39 Å². The molecule has 0 spiro atoms.